The normalized spacial score (nSPS) is 12.8. The molecule has 0 aliphatic rings. The molecule has 18 aromatic rings. The first-order valence-electron chi connectivity index (χ1n) is 35.4. The van der Waals surface area contributed by atoms with Crippen LogP contribution in [0.2, 0.25) is 0 Å². The monoisotopic (exact) mass is 1890 g/mol. The topological polar surface area (TPSA) is 0 Å². The van der Waals surface area contributed by atoms with Crippen molar-refractivity contribution in [3.63, 3.8) is 0 Å². The second-order valence-electron chi connectivity index (χ2n) is 28.8. The van der Waals surface area contributed by atoms with E-state index in [9.17, 15) is 30.7 Å². The van der Waals surface area contributed by atoms with Crippen LogP contribution in [0, 0.1) is 250 Å². The molecular formula is C83H21AlF43P. The lowest BCUT2D eigenvalue weighted by atomic mass is 9.90. The zero-order valence-corrected chi connectivity index (χ0v) is 63.4. The highest BCUT2D eigenvalue weighted by Crippen LogP contribution is 2.54. The Morgan fingerprint density at radius 1 is 0.211 bits per heavy atom. The van der Waals surface area contributed by atoms with Crippen molar-refractivity contribution >= 4 is 169 Å². The van der Waals surface area contributed by atoms with Gasteiger partial charge in [-0.15, -0.1) is 0 Å². The Hall–Kier alpha value is -11.9. The number of alkyl halides is 1. The number of hydrogen-bond acceptors (Lipinski definition) is 0. The van der Waals surface area contributed by atoms with E-state index >= 15 is 158 Å². The molecule has 0 fully saturated rings. The predicted molar refractivity (Wildman–Crippen MR) is 380 cm³/mol. The molecule has 2 unspecified atom stereocenters. The van der Waals surface area contributed by atoms with E-state index < -0.39 is 415 Å². The molecule has 0 heterocycles. The summed E-state index contributed by atoms with van der Waals surface area (Å²) >= 11 is -10.9. The Labute approximate surface area is 679 Å². The van der Waals surface area contributed by atoms with Crippen molar-refractivity contribution < 1.29 is 189 Å². The van der Waals surface area contributed by atoms with Gasteiger partial charge in [0.2, 0.25) is 5.82 Å². The Balaban J connectivity index is 0.000000382. The maximum Gasteiger partial charge on any atom is 0.286 e. The standard InChI is InChI=1S/4C16F9.C12H4F6.C7H16FP.Al/c4*17-3-1-2-4-5-7(11(20)9(2)18)14(23)16(25)15(24)8(5)13(22)12(21)6(4)10(3)19;13-6-4-2-1-3-5(6)7-8(14)10(16)12(18)11(17)9(7)15;1-3-4-7(2)5-9-6-8;/h;;;;1-4H;7,9H,3-6H2,1-2H3;/q;;;;;;-1/p+1. The highest BCUT2D eigenvalue weighted by atomic mass is 31.1. The van der Waals surface area contributed by atoms with Crippen LogP contribution in [-0.2, 0) is 0 Å². The van der Waals surface area contributed by atoms with Gasteiger partial charge in [0.15, 0.2) is 216 Å². The van der Waals surface area contributed by atoms with Crippen LogP contribution in [0.4, 0.5) is 189 Å². The molecule has 0 radical (unpaired) electrons. The quantitative estimate of drug-likeness (QED) is 0.0320. The SMILES string of the molecule is CCCC(C)C[PH2+]CF.Fc1c(F)c2c(F)c(F)c3c(F)c(F)[c]([Al-]([c]4c(F)c(F)c5c(F)c(F)c6c(F)c(F)c(F)c7c(F)c(F)c4c5c67)([c]4c(F)c(F)c5c(F)c(F)c6c(F)c(F)c(F)c7c(F)c(F)c4c5c67)[c]4c(F)c(F)c5c(F)c(F)c6c(F)c(F)c(F)c7c(F)c(F)c4c5c67)c4c(F)c(F)c(c1F)c2c34.Fc1ccccc1-c1c(F)c(F)c(F)c(F)c1F. The van der Waals surface area contributed by atoms with E-state index in [1.54, 1.807) is 0 Å². The van der Waals surface area contributed by atoms with Gasteiger partial charge in [0, 0.05) is 57.2 Å². The first-order chi connectivity index (χ1) is 60.0. The molecular weight excluding hydrogens is 1870 g/mol. The van der Waals surface area contributed by atoms with Crippen molar-refractivity contribution in [1.82, 2.24) is 0 Å². The van der Waals surface area contributed by atoms with Gasteiger partial charge in [0.25, 0.3) is 13.1 Å². The molecule has 128 heavy (non-hydrogen) atoms. The molecule has 18 rings (SSSR count). The Morgan fingerprint density at radius 3 is 0.570 bits per heavy atom. The van der Waals surface area contributed by atoms with Crippen LogP contribution in [0.15, 0.2) is 24.3 Å². The molecule has 662 valence electrons. The van der Waals surface area contributed by atoms with Crippen molar-refractivity contribution in [2.24, 2.45) is 5.92 Å². The van der Waals surface area contributed by atoms with Crippen LogP contribution >= 0.6 is 8.58 Å². The van der Waals surface area contributed by atoms with Gasteiger partial charge >= 0.3 is 0 Å². The summed E-state index contributed by atoms with van der Waals surface area (Å²) in [6.45, 7) is 4.40. The van der Waals surface area contributed by atoms with Crippen LogP contribution < -0.4 is 17.7 Å². The van der Waals surface area contributed by atoms with Crippen molar-refractivity contribution in [3.8, 4) is 11.1 Å². The van der Waals surface area contributed by atoms with Crippen molar-refractivity contribution in [1.29, 1.82) is 0 Å². The third kappa shape index (κ3) is 11.1. The number of rotatable bonds is 10. The molecule has 0 bridgehead atoms. The Morgan fingerprint density at radius 2 is 0.375 bits per heavy atom. The van der Waals surface area contributed by atoms with Crippen LogP contribution in [-0.4, -0.2) is 25.7 Å². The first kappa shape index (κ1) is 89.5. The zero-order valence-electron chi connectivity index (χ0n) is 61.1. The smallest absolute Gasteiger partial charge is 0.208 e. The highest BCUT2D eigenvalue weighted by Gasteiger charge is 2.56. The molecule has 0 spiro atoms. The molecule has 2 atom stereocenters. The molecule has 45 heteroatoms. The van der Waals surface area contributed by atoms with Crippen molar-refractivity contribution in [3.05, 3.63) is 269 Å². The minimum atomic E-state index is -10.9. The fourth-order valence-corrected chi connectivity index (χ4v) is 25.1. The molecule has 0 aliphatic heterocycles. The molecule has 18 aromatic carbocycles. The summed E-state index contributed by atoms with van der Waals surface area (Å²) < 4.78 is 696. The molecule has 0 aromatic heterocycles. The summed E-state index contributed by atoms with van der Waals surface area (Å²) in [7, 11) is 0.113. The average molecular weight is 1890 g/mol. The summed E-state index contributed by atoms with van der Waals surface area (Å²) in [5, 5.41) is -70.8. The number of hydrogen-bond donors (Lipinski definition) is 0. The molecule has 0 amide bonds. The third-order valence-electron chi connectivity index (χ3n) is 22.6. The average Bonchev–Trinajstić information content (AvgIpc) is 0.645. The van der Waals surface area contributed by atoms with Crippen LogP contribution in [0.25, 0.3) is 140 Å². The van der Waals surface area contributed by atoms with E-state index in [2.05, 4.69) is 13.8 Å². The van der Waals surface area contributed by atoms with E-state index in [1.165, 1.54) is 25.0 Å². The molecule has 0 saturated heterocycles. The molecule has 0 saturated carbocycles. The zero-order chi connectivity index (χ0) is 94.0. The third-order valence-corrected chi connectivity index (χ3v) is 29.6. The summed E-state index contributed by atoms with van der Waals surface area (Å²) in [5.74, 6) is -140. The summed E-state index contributed by atoms with van der Waals surface area (Å²) in [6.07, 6.45) is 3.60. The molecule has 0 N–H and O–H groups in total. The Bertz CT molecular complexity index is 7170. The lowest BCUT2D eigenvalue weighted by molar-refractivity contribution is 0.381. The maximum atomic E-state index is 19.4. The Kier molecular flexibility index (Phi) is 21.2. The van der Waals surface area contributed by atoms with E-state index in [1.807, 2.05) is 0 Å². The van der Waals surface area contributed by atoms with Crippen molar-refractivity contribution in [2.75, 3.05) is 12.6 Å². The van der Waals surface area contributed by atoms with E-state index in [0.29, 0.717) is 0 Å². The van der Waals surface area contributed by atoms with Gasteiger partial charge in [-0.05, 0) is 39.9 Å². The van der Waals surface area contributed by atoms with Crippen LogP contribution in [0.5, 0.6) is 0 Å². The number of halogens is 43. The number of benzene rings is 18. The fourth-order valence-electron chi connectivity index (χ4n) is 17.6. The highest BCUT2D eigenvalue weighted by molar-refractivity contribution is 7.37. The van der Waals surface area contributed by atoms with Gasteiger partial charge in [0.05, 0.1) is 76.4 Å². The largest absolute Gasteiger partial charge is 0.286 e. The summed E-state index contributed by atoms with van der Waals surface area (Å²) in [4.78, 5) is 0. The van der Waals surface area contributed by atoms with E-state index in [-0.39, 0.29) is 15.0 Å². The summed E-state index contributed by atoms with van der Waals surface area (Å²) in [6, 6.07) is 4.22. The van der Waals surface area contributed by atoms with Gasteiger partial charge in [0.1, 0.15) is 29.1 Å². The summed E-state index contributed by atoms with van der Waals surface area (Å²) in [5.41, 5.74) is -1.96. The van der Waals surface area contributed by atoms with Gasteiger partial charge < -0.3 is 0 Å². The molecule has 0 nitrogen and oxygen atoms in total. The minimum absolute atomic E-state index is 0.0615. The van der Waals surface area contributed by atoms with Gasteiger partial charge in [-0.25, -0.2) is 189 Å². The lowest BCUT2D eigenvalue weighted by Gasteiger charge is -2.45. The van der Waals surface area contributed by atoms with Gasteiger partial charge in [-0.3, -0.25) is 0 Å². The lowest BCUT2D eigenvalue weighted by Crippen LogP contribution is -2.79. The van der Waals surface area contributed by atoms with E-state index in [4.69, 9.17) is 0 Å². The second kappa shape index (κ2) is 30.4. The first-order valence-corrected chi connectivity index (χ1v) is 39.3. The maximum absolute atomic E-state index is 19.4. The minimum Gasteiger partial charge on any atom is -0.208 e. The van der Waals surface area contributed by atoms with Crippen LogP contribution in [0.3, 0.4) is 0 Å². The molecule has 0 aliphatic carbocycles. The van der Waals surface area contributed by atoms with Gasteiger partial charge in [-0.1, -0.05) is 38.5 Å². The second-order valence-corrected chi connectivity index (χ2v) is 34.2. The van der Waals surface area contributed by atoms with Gasteiger partial charge in [-0.2, -0.15) is 17.7 Å². The predicted octanol–water partition coefficient (Wildman–Crippen LogP) is 26.6. The van der Waals surface area contributed by atoms with E-state index in [0.717, 1.165) is 24.2 Å². The van der Waals surface area contributed by atoms with Crippen LogP contribution in [0.1, 0.15) is 26.7 Å². The van der Waals surface area contributed by atoms with Crippen molar-refractivity contribution in [2.45, 2.75) is 26.7 Å². The fraction of sp³-hybridized carbons (Fsp3) is 0.0843.